The molecule has 2 aromatic rings. The number of hydrogen-bond donors (Lipinski definition) is 0. The van der Waals surface area contributed by atoms with E-state index in [4.69, 9.17) is 9.47 Å². The fourth-order valence-corrected chi connectivity index (χ4v) is 4.40. The van der Waals surface area contributed by atoms with E-state index in [2.05, 4.69) is 0 Å². The van der Waals surface area contributed by atoms with E-state index in [9.17, 15) is 18.5 Å². The van der Waals surface area contributed by atoms with Gasteiger partial charge in [-0.15, -0.1) is 0 Å². The molecule has 0 amide bonds. The Morgan fingerprint density at radius 3 is 2.24 bits per heavy atom. The normalized spacial score (nSPS) is 15.8. The summed E-state index contributed by atoms with van der Waals surface area (Å²) >= 11 is 0. The second kappa shape index (κ2) is 8.76. The van der Waals surface area contributed by atoms with Crippen LogP contribution in [0, 0.1) is 10.1 Å². The zero-order valence-electron chi connectivity index (χ0n) is 16.3. The second-order valence-electron chi connectivity index (χ2n) is 6.60. The number of ether oxygens (including phenoxy) is 2. The topological polar surface area (TPSA) is 102 Å². The zero-order chi connectivity index (χ0) is 21.0. The van der Waals surface area contributed by atoms with Gasteiger partial charge < -0.3 is 14.4 Å². The van der Waals surface area contributed by atoms with E-state index in [1.54, 1.807) is 24.3 Å². The molecule has 0 atom stereocenters. The van der Waals surface area contributed by atoms with Gasteiger partial charge in [-0.05, 0) is 50.4 Å². The fourth-order valence-electron chi connectivity index (χ4n) is 2.96. The molecule has 0 aliphatic carbocycles. The van der Waals surface area contributed by atoms with Gasteiger partial charge in [0.15, 0.2) is 0 Å². The maximum Gasteiger partial charge on any atom is 0.312 e. The molecule has 0 saturated carbocycles. The van der Waals surface area contributed by atoms with Crippen molar-refractivity contribution in [3.8, 4) is 17.2 Å². The maximum atomic E-state index is 12.9. The number of nitro benzene ring substituents is 1. The van der Waals surface area contributed by atoms with Crippen LogP contribution in [0.4, 0.5) is 5.69 Å². The second-order valence-corrected chi connectivity index (χ2v) is 8.54. The molecule has 10 heteroatoms. The molecule has 0 N–H and O–H groups in total. The number of rotatable bonds is 7. The molecule has 0 aromatic heterocycles. The van der Waals surface area contributed by atoms with E-state index in [0.717, 1.165) is 6.07 Å². The Labute approximate surface area is 169 Å². The van der Waals surface area contributed by atoms with Crippen LogP contribution < -0.4 is 9.47 Å². The van der Waals surface area contributed by atoms with E-state index in [-0.39, 0.29) is 10.6 Å². The number of piperazine rings is 1. The SMILES string of the molecule is CCOc1ccc(Oc2ccc(S(=O)(=O)N3CCN(C)CC3)cc2[N+](=O)[O-])cc1. The number of hydrogen-bond acceptors (Lipinski definition) is 7. The van der Waals surface area contributed by atoms with Crippen LogP contribution in [0.3, 0.4) is 0 Å². The van der Waals surface area contributed by atoms with Crippen LogP contribution in [0.25, 0.3) is 0 Å². The smallest absolute Gasteiger partial charge is 0.312 e. The van der Waals surface area contributed by atoms with Crippen molar-refractivity contribution in [2.75, 3.05) is 39.8 Å². The molecule has 1 fully saturated rings. The van der Waals surface area contributed by atoms with E-state index in [0.29, 0.717) is 44.3 Å². The third kappa shape index (κ3) is 4.84. The van der Waals surface area contributed by atoms with Crippen molar-refractivity contribution in [1.82, 2.24) is 9.21 Å². The summed E-state index contributed by atoms with van der Waals surface area (Å²) < 4.78 is 38.1. The van der Waals surface area contributed by atoms with E-state index >= 15 is 0 Å². The molecule has 1 aliphatic rings. The molecule has 3 rings (SSSR count). The minimum Gasteiger partial charge on any atom is -0.494 e. The van der Waals surface area contributed by atoms with Crippen LogP contribution >= 0.6 is 0 Å². The molecule has 0 radical (unpaired) electrons. The number of nitrogens with zero attached hydrogens (tertiary/aromatic N) is 3. The highest BCUT2D eigenvalue weighted by Gasteiger charge is 2.30. The quantitative estimate of drug-likeness (QED) is 0.500. The van der Waals surface area contributed by atoms with E-state index < -0.39 is 20.6 Å². The first-order chi connectivity index (χ1) is 13.8. The van der Waals surface area contributed by atoms with Crippen molar-refractivity contribution in [3.05, 3.63) is 52.6 Å². The van der Waals surface area contributed by atoms with Gasteiger partial charge in [0.05, 0.1) is 16.4 Å². The largest absolute Gasteiger partial charge is 0.494 e. The van der Waals surface area contributed by atoms with Crippen LogP contribution in [-0.2, 0) is 10.0 Å². The summed E-state index contributed by atoms with van der Waals surface area (Å²) in [6.07, 6.45) is 0. The van der Waals surface area contributed by atoms with Crippen LogP contribution in [0.15, 0.2) is 47.4 Å². The van der Waals surface area contributed by atoms with Crippen LogP contribution in [0.2, 0.25) is 0 Å². The molecular formula is C19H23N3O6S. The first kappa shape index (κ1) is 21.0. The average Bonchev–Trinajstić information content (AvgIpc) is 2.70. The van der Waals surface area contributed by atoms with Gasteiger partial charge in [-0.25, -0.2) is 8.42 Å². The Hall–Kier alpha value is -2.69. The third-order valence-electron chi connectivity index (χ3n) is 4.59. The number of likely N-dealkylation sites (N-methyl/N-ethyl adjacent to an activating group) is 1. The number of nitro groups is 1. The molecule has 2 aromatic carbocycles. The third-order valence-corrected chi connectivity index (χ3v) is 6.48. The highest BCUT2D eigenvalue weighted by atomic mass is 32.2. The summed E-state index contributed by atoms with van der Waals surface area (Å²) in [5.41, 5.74) is -0.408. The van der Waals surface area contributed by atoms with Gasteiger partial charge >= 0.3 is 5.69 Å². The van der Waals surface area contributed by atoms with Gasteiger partial charge in [-0.1, -0.05) is 0 Å². The van der Waals surface area contributed by atoms with E-state index in [1.165, 1.54) is 16.4 Å². The highest BCUT2D eigenvalue weighted by Crippen LogP contribution is 2.34. The molecule has 156 valence electrons. The molecule has 1 heterocycles. The first-order valence-electron chi connectivity index (χ1n) is 9.19. The van der Waals surface area contributed by atoms with Gasteiger partial charge in [0.25, 0.3) is 0 Å². The minimum atomic E-state index is -3.81. The Balaban J connectivity index is 1.86. The first-order valence-corrected chi connectivity index (χ1v) is 10.6. The summed E-state index contributed by atoms with van der Waals surface area (Å²) in [6.45, 7) is 4.30. The summed E-state index contributed by atoms with van der Waals surface area (Å²) in [7, 11) is -1.89. The summed E-state index contributed by atoms with van der Waals surface area (Å²) in [6, 6.07) is 10.3. The Kier molecular flexibility index (Phi) is 6.36. The average molecular weight is 421 g/mol. The summed E-state index contributed by atoms with van der Waals surface area (Å²) in [5, 5.41) is 11.5. The van der Waals surface area contributed by atoms with Crippen molar-refractivity contribution < 1.29 is 22.8 Å². The van der Waals surface area contributed by atoms with Crippen LogP contribution in [0.1, 0.15) is 6.92 Å². The van der Waals surface area contributed by atoms with Crippen LogP contribution in [0.5, 0.6) is 17.2 Å². The molecule has 9 nitrogen and oxygen atoms in total. The minimum absolute atomic E-state index is 0.0310. The lowest BCUT2D eigenvalue weighted by Gasteiger charge is -2.31. The lowest BCUT2D eigenvalue weighted by molar-refractivity contribution is -0.385. The fraction of sp³-hybridized carbons (Fsp3) is 0.368. The predicted octanol–water partition coefficient (Wildman–Crippen LogP) is 2.72. The lowest BCUT2D eigenvalue weighted by Crippen LogP contribution is -2.47. The molecule has 0 bridgehead atoms. The molecular weight excluding hydrogens is 398 g/mol. The maximum absolute atomic E-state index is 12.9. The van der Waals surface area contributed by atoms with Gasteiger partial charge in [0.2, 0.25) is 15.8 Å². The lowest BCUT2D eigenvalue weighted by atomic mass is 10.3. The van der Waals surface area contributed by atoms with Gasteiger partial charge in [0.1, 0.15) is 11.5 Å². The summed E-state index contributed by atoms with van der Waals surface area (Å²) in [5.74, 6) is 1.01. The molecule has 1 saturated heterocycles. The Morgan fingerprint density at radius 1 is 1.03 bits per heavy atom. The van der Waals surface area contributed by atoms with Gasteiger partial charge in [0, 0.05) is 32.2 Å². The van der Waals surface area contributed by atoms with Crippen molar-refractivity contribution >= 4 is 15.7 Å². The van der Waals surface area contributed by atoms with Crippen molar-refractivity contribution in [3.63, 3.8) is 0 Å². The van der Waals surface area contributed by atoms with Crippen LogP contribution in [-0.4, -0.2) is 62.4 Å². The number of benzene rings is 2. The van der Waals surface area contributed by atoms with Crippen molar-refractivity contribution in [2.45, 2.75) is 11.8 Å². The summed E-state index contributed by atoms with van der Waals surface area (Å²) in [4.78, 5) is 12.8. The molecule has 1 aliphatic heterocycles. The molecule has 0 spiro atoms. The molecule has 0 unspecified atom stereocenters. The monoisotopic (exact) mass is 421 g/mol. The van der Waals surface area contributed by atoms with Gasteiger partial charge in [-0.2, -0.15) is 4.31 Å². The van der Waals surface area contributed by atoms with Crippen molar-refractivity contribution in [1.29, 1.82) is 0 Å². The Morgan fingerprint density at radius 2 is 1.66 bits per heavy atom. The standard InChI is InChI=1S/C19H23N3O6S/c1-3-27-15-4-6-16(7-5-15)28-19-9-8-17(14-18(19)22(23)24)29(25,26)21-12-10-20(2)11-13-21/h4-9,14H,3,10-13H2,1-2H3. The molecule has 29 heavy (non-hydrogen) atoms. The predicted molar refractivity (Wildman–Crippen MR) is 107 cm³/mol. The van der Waals surface area contributed by atoms with Gasteiger partial charge in [-0.3, -0.25) is 10.1 Å². The number of sulfonamides is 1. The highest BCUT2D eigenvalue weighted by molar-refractivity contribution is 7.89. The zero-order valence-corrected chi connectivity index (χ0v) is 17.1. The Bertz CT molecular complexity index is 970. The van der Waals surface area contributed by atoms with Crippen molar-refractivity contribution in [2.24, 2.45) is 0 Å². The van der Waals surface area contributed by atoms with E-state index in [1.807, 2.05) is 18.9 Å².